The molecule has 1 N–H and O–H groups in total. The Morgan fingerprint density at radius 2 is 1.68 bits per heavy atom. The van der Waals surface area contributed by atoms with E-state index in [2.05, 4.69) is 0 Å². The van der Waals surface area contributed by atoms with Gasteiger partial charge in [0.25, 0.3) is 0 Å². The summed E-state index contributed by atoms with van der Waals surface area (Å²) in [6, 6.07) is 14.6. The zero-order chi connectivity index (χ0) is 20.1. The topological polar surface area (TPSA) is 57.6 Å². The maximum atomic E-state index is 12.8. The van der Waals surface area contributed by atoms with Gasteiger partial charge in [-0.1, -0.05) is 30.3 Å². The second kappa shape index (κ2) is 8.70. The summed E-state index contributed by atoms with van der Waals surface area (Å²) in [4.78, 5) is 27.4. The number of phenols is 1. The summed E-state index contributed by atoms with van der Waals surface area (Å²) >= 11 is 0. The van der Waals surface area contributed by atoms with Crippen LogP contribution in [0.3, 0.4) is 0 Å². The minimum atomic E-state index is -0.602. The van der Waals surface area contributed by atoms with Gasteiger partial charge in [-0.15, -0.1) is 0 Å². The number of rotatable bonds is 5. The van der Waals surface area contributed by atoms with E-state index in [-0.39, 0.29) is 17.3 Å². The van der Waals surface area contributed by atoms with Gasteiger partial charge < -0.3 is 10.0 Å². The minimum absolute atomic E-state index is 0.0664. The largest absolute Gasteiger partial charge is 0.508 e. The number of Topliss-reactive ketones (excluding diaryl/α,β-unsaturated/α-hetero) is 1. The zero-order valence-electron chi connectivity index (χ0n) is 16.3. The van der Waals surface area contributed by atoms with Crippen LogP contribution < -0.4 is 4.90 Å². The number of carbonyl (C=O) groups is 2. The molecule has 1 atom stereocenters. The maximum Gasteiger partial charge on any atom is 0.169 e. The average Bonchev–Trinajstić information content (AvgIpc) is 2.69. The van der Waals surface area contributed by atoms with Gasteiger partial charge in [0.15, 0.2) is 11.6 Å². The Balaban J connectivity index is 1.72. The van der Waals surface area contributed by atoms with Crippen LogP contribution in [-0.2, 0) is 9.59 Å². The lowest BCUT2D eigenvalue weighted by atomic mass is 9.81. The summed E-state index contributed by atoms with van der Waals surface area (Å²) in [7, 11) is 3.97. The first-order chi connectivity index (χ1) is 13.4. The van der Waals surface area contributed by atoms with Crippen molar-refractivity contribution < 1.29 is 14.7 Å². The number of benzene rings is 2. The van der Waals surface area contributed by atoms with E-state index in [1.165, 1.54) is 6.08 Å². The number of hydrogen-bond acceptors (Lipinski definition) is 4. The molecule has 4 heteroatoms. The van der Waals surface area contributed by atoms with E-state index in [1.807, 2.05) is 49.3 Å². The lowest BCUT2D eigenvalue weighted by Crippen LogP contribution is -2.27. The quantitative estimate of drug-likeness (QED) is 0.618. The van der Waals surface area contributed by atoms with Crippen LogP contribution in [0.15, 0.2) is 60.2 Å². The highest BCUT2D eigenvalue weighted by Gasteiger charge is 2.30. The van der Waals surface area contributed by atoms with E-state index >= 15 is 0 Å². The molecule has 4 nitrogen and oxygen atoms in total. The maximum absolute atomic E-state index is 12.8. The number of ketones is 2. The fourth-order valence-electron chi connectivity index (χ4n) is 3.34. The molecule has 1 aliphatic rings. The molecule has 1 saturated carbocycles. The Bertz CT molecular complexity index is 906. The molecule has 1 aliphatic carbocycles. The molecule has 0 aliphatic heterocycles. The number of aromatic hydroxyl groups is 1. The van der Waals surface area contributed by atoms with E-state index in [1.54, 1.807) is 30.3 Å². The lowest BCUT2D eigenvalue weighted by Gasteiger charge is -2.21. The third kappa shape index (κ3) is 4.77. The molecule has 0 radical (unpaired) electrons. The Labute approximate surface area is 165 Å². The van der Waals surface area contributed by atoms with Gasteiger partial charge >= 0.3 is 0 Å². The van der Waals surface area contributed by atoms with Crippen molar-refractivity contribution in [3.05, 3.63) is 71.3 Å². The Kier molecular flexibility index (Phi) is 6.09. The van der Waals surface area contributed by atoms with Crippen molar-refractivity contribution in [2.75, 3.05) is 19.0 Å². The highest BCUT2D eigenvalue weighted by atomic mass is 16.3. The molecular weight excluding hydrogens is 350 g/mol. The van der Waals surface area contributed by atoms with Crippen molar-refractivity contribution in [3.8, 4) is 5.75 Å². The highest BCUT2D eigenvalue weighted by Crippen LogP contribution is 2.28. The van der Waals surface area contributed by atoms with Crippen molar-refractivity contribution in [3.63, 3.8) is 0 Å². The van der Waals surface area contributed by atoms with Gasteiger partial charge in [0.1, 0.15) is 5.75 Å². The van der Waals surface area contributed by atoms with Crippen LogP contribution >= 0.6 is 0 Å². The molecule has 144 valence electrons. The van der Waals surface area contributed by atoms with Crippen LogP contribution in [0.2, 0.25) is 0 Å². The number of hydrogen-bond donors (Lipinski definition) is 1. The van der Waals surface area contributed by atoms with E-state index in [0.717, 1.165) is 28.8 Å². The van der Waals surface area contributed by atoms with Gasteiger partial charge in [0.05, 0.1) is 5.92 Å². The molecule has 3 rings (SSSR count). The van der Waals surface area contributed by atoms with Gasteiger partial charge in [-0.05, 0) is 72.4 Å². The summed E-state index contributed by atoms with van der Waals surface area (Å²) in [5.74, 6) is -0.649. The van der Waals surface area contributed by atoms with Crippen molar-refractivity contribution in [1.82, 2.24) is 0 Å². The second-order valence-corrected chi connectivity index (χ2v) is 7.29. The number of nitrogens with zero attached hydrogens (tertiary/aromatic N) is 1. The van der Waals surface area contributed by atoms with Crippen molar-refractivity contribution in [2.45, 2.75) is 19.3 Å². The van der Waals surface area contributed by atoms with Crippen molar-refractivity contribution >= 4 is 29.4 Å². The van der Waals surface area contributed by atoms with Crippen LogP contribution in [0.25, 0.3) is 12.2 Å². The molecule has 1 unspecified atom stereocenters. The first-order valence-electron chi connectivity index (χ1n) is 9.47. The molecule has 2 aromatic carbocycles. The number of carbonyl (C=O) groups excluding carboxylic acids is 2. The van der Waals surface area contributed by atoms with Gasteiger partial charge in [-0.2, -0.15) is 0 Å². The molecule has 0 heterocycles. The van der Waals surface area contributed by atoms with Crippen LogP contribution in [-0.4, -0.2) is 30.8 Å². The second-order valence-electron chi connectivity index (χ2n) is 7.29. The molecule has 0 aromatic heterocycles. The molecule has 0 spiro atoms. The van der Waals surface area contributed by atoms with Gasteiger partial charge in [0.2, 0.25) is 0 Å². The summed E-state index contributed by atoms with van der Waals surface area (Å²) in [5.41, 5.74) is 3.61. The normalized spacial score (nSPS) is 18.6. The van der Waals surface area contributed by atoms with E-state index < -0.39 is 5.92 Å². The van der Waals surface area contributed by atoms with Crippen molar-refractivity contribution in [2.24, 2.45) is 5.92 Å². The fraction of sp³-hybridized carbons (Fsp3) is 0.250. The SMILES string of the molecule is CN(C)c1ccc(/C=C2\CCCC(C(=O)/C=C/c3ccc(O)cc3)C2=O)cc1. The summed E-state index contributed by atoms with van der Waals surface area (Å²) in [6.45, 7) is 0. The first-order valence-corrected chi connectivity index (χ1v) is 9.47. The first kappa shape index (κ1) is 19.6. The predicted molar refractivity (Wildman–Crippen MR) is 113 cm³/mol. The summed E-state index contributed by atoms with van der Waals surface area (Å²) < 4.78 is 0. The molecule has 28 heavy (non-hydrogen) atoms. The van der Waals surface area contributed by atoms with E-state index in [0.29, 0.717) is 12.8 Å². The van der Waals surface area contributed by atoms with E-state index in [9.17, 15) is 14.7 Å². The summed E-state index contributed by atoms with van der Waals surface area (Å²) in [6.07, 6.45) is 7.20. The predicted octanol–water partition coefficient (Wildman–Crippen LogP) is 4.49. The molecule has 1 fully saturated rings. The molecule has 0 bridgehead atoms. The molecule has 0 amide bonds. The number of anilines is 1. The fourth-order valence-corrected chi connectivity index (χ4v) is 3.34. The highest BCUT2D eigenvalue weighted by molar-refractivity contribution is 6.16. The van der Waals surface area contributed by atoms with E-state index in [4.69, 9.17) is 0 Å². The number of allylic oxidation sites excluding steroid dienone is 2. The molecular formula is C24H25NO3. The number of phenolic OH excluding ortho intramolecular Hbond substituents is 1. The minimum Gasteiger partial charge on any atom is -0.508 e. The van der Waals surface area contributed by atoms with Gasteiger partial charge in [0, 0.05) is 19.8 Å². The van der Waals surface area contributed by atoms with Crippen LogP contribution in [0.4, 0.5) is 5.69 Å². The molecule has 0 saturated heterocycles. The smallest absolute Gasteiger partial charge is 0.169 e. The summed E-state index contributed by atoms with van der Waals surface area (Å²) in [5, 5.41) is 9.32. The van der Waals surface area contributed by atoms with Gasteiger partial charge in [-0.25, -0.2) is 0 Å². The average molecular weight is 375 g/mol. The zero-order valence-corrected chi connectivity index (χ0v) is 16.3. The Morgan fingerprint density at radius 1 is 1.04 bits per heavy atom. The van der Waals surface area contributed by atoms with Crippen LogP contribution in [0.5, 0.6) is 5.75 Å². The molecule has 2 aromatic rings. The van der Waals surface area contributed by atoms with Crippen molar-refractivity contribution in [1.29, 1.82) is 0 Å². The Morgan fingerprint density at radius 3 is 2.32 bits per heavy atom. The third-order valence-corrected chi connectivity index (χ3v) is 5.00. The lowest BCUT2D eigenvalue weighted by molar-refractivity contribution is -0.129. The Hall–Kier alpha value is -3.14. The van der Waals surface area contributed by atoms with Crippen LogP contribution in [0.1, 0.15) is 30.4 Å². The van der Waals surface area contributed by atoms with Crippen LogP contribution in [0, 0.1) is 5.92 Å². The monoisotopic (exact) mass is 375 g/mol. The standard InChI is InChI=1S/C24H25NO3/c1-25(2)20-11-6-18(7-12-20)16-19-4-3-5-22(24(19)28)23(27)15-10-17-8-13-21(26)14-9-17/h6-16,22,26H,3-5H2,1-2H3/b15-10+,19-16+. The van der Waals surface area contributed by atoms with Gasteiger partial charge in [-0.3, -0.25) is 9.59 Å². The third-order valence-electron chi connectivity index (χ3n) is 5.00.